The Labute approximate surface area is 122 Å². The second-order valence-corrected chi connectivity index (χ2v) is 6.67. The van der Waals surface area contributed by atoms with Gasteiger partial charge in [0, 0.05) is 31.8 Å². The quantitative estimate of drug-likeness (QED) is 0.896. The average molecular weight is 274 g/mol. The number of hydrogen-bond donors (Lipinski definition) is 1. The van der Waals surface area contributed by atoms with Gasteiger partial charge in [-0.1, -0.05) is 30.3 Å². The molecule has 0 radical (unpaired) electrons. The summed E-state index contributed by atoms with van der Waals surface area (Å²) in [5, 5.41) is 3.71. The smallest absolute Gasteiger partial charge is 0.0728 e. The number of rotatable bonds is 2. The SMILES string of the molecule is CC1OCCC1(C)N1CCNC(C)(c2ccccc2)C1. The van der Waals surface area contributed by atoms with Crippen LogP contribution in [0.25, 0.3) is 0 Å². The van der Waals surface area contributed by atoms with Crippen LogP contribution in [-0.2, 0) is 10.3 Å². The molecule has 2 saturated heterocycles. The van der Waals surface area contributed by atoms with E-state index in [9.17, 15) is 0 Å². The lowest BCUT2D eigenvalue weighted by Crippen LogP contribution is -2.64. The highest BCUT2D eigenvalue weighted by Crippen LogP contribution is 2.35. The van der Waals surface area contributed by atoms with Crippen LogP contribution in [0, 0.1) is 0 Å². The van der Waals surface area contributed by atoms with Gasteiger partial charge in [0.15, 0.2) is 0 Å². The fourth-order valence-electron chi connectivity index (χ4n) is 3.66. The Morgan fingerprint density at radius 2 is 2.00 bits per heavy atom. The van der Waals surface area contributed by atoms with Crippen molar-refractivity contribution < 1.29 is 4.74 Å². The van der Waals surface area contributed by atoms with E-state index in [1.807, 2.05) is 0 Å². The molecular weight excluding hydrogens is 248 g/mol. The first-order chi connectivity index (χ1) is 9.55. The molecule has 1 aromatic rings. The fourth-order valence-corrected chi connectivity index (χ4v) is 3.66. The Morgan fingerprint density at radius 1 is 1.25 bits per heavy atom. The molecule has 3 heteroatoms. The van der Waals surface area contributed by atoms with Crippen molar-refractivity contribution >= 4 is 0 Å². The van der Waals surface area contributed by atoms with Crippen molar-refractivity contribution in [3.63, 3.8) is 0 Å². The van der Waals surface area contributed by atoms with Gasteiger partial charge in [-0.3, -0.25) is 4.90 Å². The normalized spacial score (nSPS) is 39.0. The Bertz CT molecular complexity index is 463. The lowest BCUT2D eigenvalue weighted by molar-refractivity contribution is -0.00967. The van der Waals surface area contributed by atoms with Crippen molar-refractivity contribution in [1.82, 2.24) is 10.2 Å². The second-order valence-electron chi connectivity index (χ2n) is 6.67. The first-order valence-electron chi connectivity index (χ1n) is 7.72. The average Bonchev–Trinajstić information content (AvgIpc) is 2.81. The third-order valence-corrected chi connectivity index (χ3v) is 5.39. The highest BCUT2D eigenvalue weighted by molar-refractivity contribution is 5.25. The molecule has 3 unspecified atom stereocenters. The lowest BCUT2D eigenvalue weighted by atomic mass is 9.84. The molecule has 1 N–H and O–H groups in total. The number of nitrogens with one attached hydrogen (secondary N) is 1. The zero-order valence-corrected chi connectivity index (χ0v) is 12.9. The van der Waals surface area contributed by atoms with E-state index in [-0.39, 0.29) is 11.1 Å². The van der Waals surface area contributed by atoms with Gasteiger partial charge in [-0.25, -0.2) is 0 Å². The number of nitrogens with zero attached hydrogens (tertiary/aromatic N) is 1. The third kappa shape index (κ3) is 2.28. The molecule has 2 heterocycles. The van der Waals surface area contributed by atoms with E-state index in [1.165, 1.54) is 5.56 Å². The molecule has 2 fully saturated rings. The molecule has 2 aliphatic heterocycles. The van der Waals surface area contributed by atoms with Crippen molar-refractivity contribution in [2.75, 3.05) is 26.2 Å². The van der Waals surface area contributed by atoms with Crippen LogP contribution in [0.5, 0.6) is 0 Å². The van der Waals surface area contributed by atoms with Crippen LogP contribution >= 0.6 is 0 Å². The van der Waals surface area contributed by atoms with E-state index in [4.69, 9.17) is 4.74 Å². The zero-order valence-electron chi connectivity index (χ0n) is 12.9. The molecule has 20 heavy (non-hydrogen) atoms. The molecule has 110 valence electrons. The summed E-state index contributed by atoms with van der Waals surface area (Å²) in [6.45, 7) is 11.0. The molecule has 0 aromatic heterocycles. The molecule has 0 bridgehead atoms. The van der Waals surface area contributed by atoms with Gasteiger partial charge in [0.2, 0.25) is 0 Å². The largest absolute Gasteiger partial charge is 0.377 e. The highest BCUT2D eigenvalue weighted by atomic mass is 16.5. The van der Waals surface area contributed by atoms with Crippen molar-refractivity contribution in [2.24, 2.45) is 0 Å². The minimum absolute atomic E-state index is 0.0326. The van der Waals surface area contributed by atoms with Gasteiger partial charge in [-0.2, -0.15) is 0 Å². The van der Waals surface area contributed by atoms with Crippen LogP contribution in [0.3, 0.4) is 0 Å². The van der Waals surface area contributed by atoms with Crippen molar-refractivity contribution in [1.29, 1.82) is 0 Å². The van der Waals surface area contributed by atoms with Crippen LogP contribution in [0.4, 0.5) is 0 Å². The summed E-state index contributed by atoms with van der Waals surface area (Å²) >= 11 is 0. The monoisotopic (exact) mass is 274 g/mol. The van der Waals surface area contributed by atoms with E-state index in [1.54, 1.807) is 0 Å². The summed E-state index contributed by atoms with van der Waals surface area (Å²) in [7, 11) is 0. The molecule has 0 aliphatic carbocycles. The van der Waals surface area contributed by atoms with Gasteiger partial charge < -0.3 is 10.1 Å². The topological polar surface area (TPSA) is 24.5 Å². The standard InChI is InChI=1S/C17H26N2O/c1-14-17(3,9-12-20-14)19-11-10-18-16(2,13-19)15-7-5-4-6-8-15/h4-8,14,18H,9-13H2,1-3H3. The second kappa shape index (κ2) is 5.14. The van der Waals surface area contributed by atoms with Crippen LogP contribution in [0.15, 0.2) is 30.3 Å². The van der Waals surface area contributed by atoms with Gasteiger partial charge in [-0.05, 0) is 32.8 Å². The minimum atomic E-state index is 0.0326. The highest BCUT2D eigenvalue weighted by Gasteiger charge is 2.46. The van der Waals surface area contributed by atoms with E-state index >= 15 is 0 Å². The van der Waals surface area contributed by atoms with Crippen molar-refractivity contribution in [3.8, 4) is 0 Å². The van der Waals surface area contributed by atoms with Crippen molar-refractivity contribution in [3.05, 3.63) is 35.9 Å². The predicted molar refractivity (Wildman–Crippen MR) is 81.8 cm³/mol. The number of benzene rings is 1. The summed E-state index contributed by atoms with van der Waals surface area (Å²) in [6, 6.07) is 10.8. The molecule has 0 amide bonds. The van der Waals surface area contributed by atoms with E-state index in [2.05, 4.69) is 61.3 Å². The Balaban J connectivity index is 1.83. The molecule has 0 saturated carbocycles. The maximum absolute atomic E-state index is 5.83. The van der Waals surface area contributed by atoms with Gasteiger partial charge >= 0.3 is 0 Å². The molecule has 1 aromatic carbocycles. The third-order valence-electron chi connectivity index (χ3n) is 5.39. The summed E-state index contributed by atoms with van der Waals surface area (Å²) in [5.41, 5.74) is 1.59. The van der Waals surface area contributed by atoms with Gasteiger partial charge in [0.25, 0.3) is 0 Å². The van der Waals surface area contributed by atoms with E-state index in [0.717, 1.165) is 32.7 Å². The summed E-state index contributed by atoms with van der Waals surface area (Å²) in [4.78, 5) is 2.63. The van der Waals surface area contributed by atoms with E-state index in [0.29, 0.717) is 6.10 Å². The van der Waals surface area contributed by atoms with Gasteiger partial charge in [-0.15, -0.1) is 0 Å². The predicted octanol–water partition coefficient (Wildman–Crippen LogP) is 2.37. The lowest BCUT2D eigenvalue weighted by Gasteiger charge is -2.49. The Kier molecular flexibility index (Phi) is 3.61. The van der Waals surface area contributed by atoms with Crippen LogP contribution in [0.1, 0.15) is 32.8 Å². The Morgan fingerprint density at radius 3 is 2.65 bits per heavy atom. The zero-order chi connectivity index (χ0) is 14.2. The van der Waals surface area contributed by atoms with Crippen LogP contribution < -0.4 is 5.32 Å². The molecule has 3 rings (SSSR count). The number of ether oxygens (including phenoxy) is 1. The van der Waals surface area contributed by atoms with E-state index < -0.39 is 0 Å². The summed E-state index contributed by atoms with van der Waals surface area (Å²) in [6.07, 6.45) is 1.46. The number of piperazine rings is 1. The summed E-state index contributed by atoms with van der Waals surface area (Å²) < 4.78 is 5.83. The maximum atomic E-state index is 5.83. The Hall–Kier alpha value is -0.900. The van der Waals surface area contributed by atoms with Gasteiger partial charge in [0.05, 0.1) is 11.6 Å². The molecule has 3 nitrogen and oxygen atoms in total. The minimum Gasteiger partial charge on any atom is -0.377 e. The first kappa shape index (κ1) is 14.1. The molecule has 2 aliphatic rings. The number of hydrogen-bond acceptors (Lipinski definition) is 3. The molecule has 0 spiro atoms. The maximum Gasteiger partial charge on any atom is 0.0728 e. The van der Waals surface area contributed by atoms with Gasteiger partial charge in [0.1, 0.15) is 0 Å². The molecular formula is C17H26N2O. The summed E-state index contributed by atoms with van der Waals surface area (Å²) in [5.74, 6) is 0. The van der Waals surface area contributed by atoms with Crippen LogP contribution in [0.2, 0.25) is 0 Å². The molecule has 3 atom stereocenters. The first-order valence-corrected chi connectivity index (χ1v) is 7.72. The van der Waals surface area contributed by atoms with Crippen LogP contribution in [-0.4, -0.2) is 42.8 Å². The van der Waals surface area contributed by atoms with Crippen molar-refractivity contribution in [2.45, 2.75) is 44.4 Å². The fraction of sp³-hybridized carbons (Fsp3) is 0.647.